The molecule has 0 spiro atoms. The molecular weight excluding hydrogens is 362 g/mol. The van der Waals surface area contributed by atoms with Gasteiger partial charge in [-0.1, -0.05) is 58.2 Å². The summed E-state index contributed by atoms with van der Waals surface area (Å²) in [7, 11) is 0. The van der Waals surface area contributed by atoms with Crippen LogP contribution in [0.25, 0.3) is 0 Å². The van der Waals surface area contributed by atoms with E-state index in [9.17, 15) is 4.79 Å². The van der Waals surface area contributed by atoms with Crippen molar-refractivity contribution in [3.8, 4) is 0 Å². The van der Waals surface area contributed by atoms with Gasteiger partial charge in [0.25, 0.3) is 0 Å². The number of carbonyl (C=O) groups is 1. The Bertz CT molecular complexity index is 462. The standard InChI is InChI=1S/C22H37NO3.ClH/c1-4-7-15-23(16-8-5-2)18-21(19-25-17-9-6-3)26-22(24)20-13-11-10-12-14-20;/h10-14,21H,4-9,15-19H2,1-3H3;1H. The highest BCUT2D eigenvalue weighted by atomic mass is 35.5. The van der Waals surface area contributed by atoms with Crippen molar-refractivity contribution in [3.05, 3.63) is 35.9 Å². The average molecular weight is 400 g/mol. The van der Waals surface area contributed by atoms with Gasteiger partial charge in [0, 0.05) is 13.2 Å². The number of halogens is 1. The number of nitrogens with zero attached hydrogens (tertiary/aromatic N) is 1. The summed E-state index contributed by atoms with van der Waals surface area (Å²) < 4.78 is 11.6. The Hall–Kier alpha value is -1.10. The van der Waals surface area contributed by atoms with Crippen LogP contribution < -0.4 is 0 Å². The molecule has 5 heteroatoms. The van der Waals surface area contributed by atoms with E-state index in [2.05, 4.69) is 25.7 Å². The van der Waals surface area contributed by atoms with Gasteiger partial charge in [0.05, 0.1) is 12.2 Å². The first-order valence-electron chi connectivity index (χ1n) is 10.3. The Kier molecular flexibility index (Phi) is 16.3. The van der Waals surface area contributed by atoms with Crippen molar-refractivity contribution in [3.63, 3.8) is 0 Å². The molecule has 1 atom stereocenters. The first kappa shape index (κ1) is 25.9. The van der Waals surface area contributed by atoms with Gasteiger partial charge >= 0.3 is 5.97 Å². The van der Waals surface area contributed by atoms with E-state index >= 15 is 0 Å². The van der Waals surface area contributed by atoms with Crippen LogP contribution in [0.2, 0.25) is 0 Å². The quantitative estimate of drug-likeness (QED) is 0.294. The molecule has 0 saturated heterocycles. The van der Waals surface area contributed by atoms with Crippen LogP contribution in [0.4, 0.5) is 0 Å². The zero-order chi connectivity index (χ0) is 19.0. The zero-order valence-corrected chi connectivity index (χ0v) is 18.1. The van der Waals surface area contributed by atoms with Crippen LogP contribution in [0.1, 0.15) is 69.7 Å². The van der Waals surface area contributed by atoms with Gasteiger partial charge in [0.1, 0.15) is 6.10 Å². The third kappa shape index (κ3) is 12.1. The molecular formula is C22H38ClNO3. The van der Waals surface area contributed by atoms with Gasteiger partial charge in [-0.25, -0.2) is 4.79 Å². The maximum Gasteiger partial charge on any atom is 0.338 e. The predicted octanol–water partition coefficient (Wildman–Crippen LogP) is 5.35. The minimum atomic E-state index is -0.263. The summed E-state index contributed by atoms with van der Waals surface area (Å²) in [6.07, 6.45) is 6.59. The van der Waals surface area contributed by atoms with Crippen molar-refractivity contribution in [2.75, 3.05) is 32.8 Å². The minimum Gasteiger partial charge on any atom is -0.455 e. The Labute approximate surface area is 172 Å². The number of hydrogen-bond donors (Lipinski definition) is 0. The summed E-state index contributed by atoms with van der Waals surface area (Å²) in [6, 6.07) is 9.21. The van der Waals surface area contributed by atoms with Gasteiger partial charge in [-0.2, -0.15) is 0 Å². The summed E-state index contributed by atoms with van der Waals surface area (Å²) in [4.78, 5) is 14.9. The highest BCUT2D eigenvalue weighted by Gasteiger charge is 2.19. The van der Waals surface area contributed by atoms with Crippen LogP contribution in [-0.2, 0) is 9.47 Å². The molecule has 1 rings (SSSR count). The third-order valence-electron chi connectivity index (χ3n) is 4.35. The van der Waals surface area contributed by atoms with E-state index in [1.807, 2.05) is 18.2 Å². The number of hydrogen-bond acceptors (Lipinski definition) is 4. The van der Waals surface area contributed by atoms with Crippen LogP contribution in [-0.4, -0.2) is 49.8 Å². The third-order valence-corrected chi connectivity index (χ3v) is 4.35. The van der Waals surface area contributed by atoms with Gasteiger partial charge in [0.2, 0.25) is 0 Å². The second-order valence-corrected chi connectivity index (χ2v) is 6.83. The fourth-order valence-corrected chi connectivity index (χ4v) is 2.72. The predicted molar refractivity (Wildman–Crippen MR) is 115 cm³/mol. The van der Waals surface area contributed by atoms with E-state index < -0.39 is 0 Å². The molecule has 156 valence electrons. The van der Waals surface area contributed by atoms with E-state index in [0.717, 1.165) is 39.1 Å². The van der Waals surface area contributed by atoms with Crippen LogP contribution in [0, 0.1) is 0 Å². The molecule has 0 saturated carbocycles. The molecule has 0 radical (unpaired) electrons. The highest BCUT2D eigenvalue weighted by Crippen LogP contribution is 2.08. The topological polar surface area (TPSA) is 38.8 Å². The van der Waals surface area contributed by atoms with Crippen molar-refractivity contribution in [1.29, 1.82) is 0 Å². The Balaban J connectivity index is 0.00000676. The fraction of sp³-hybridized carbons (Fsp3) is 0.682. The molecule has 0 aliphatic rings. The SMILES string of the molecule is CCCCOCC(CN(CCCC)CCCC)OC(=O)c1ccccc1.Cl. The van der Waals surface area contributed by atoms with E-state index in [4.69, 9.17) is 9.47 Å². The Morgan fingerprint density at radius 3 is 2.11 bits per heavy atom. The van der Waals surface area contributed by atoms with Crippen molar-refractivity contribution in [2.45, 2.75) is 65.4 Å². The van der Waals surface area contributed by atoms with Crippen molar-refractivity contribution >= 4 is 18.4 Å². The number of benzene rings is 1. The lowest BCUT2D eigenvalue weighted by Crippen LogP contribution is -2.39. The lowest BCUT2D eigenvalue weighted by Gasteiger charge is -2.27. The molecule has 4 nitrogen and oxygen atoms in total. The lowest BCUT2D eigenvalue weighted by molar-refractivity contribution is -0.0170. The Morgan fingerprint density at radius 2 is 1.56 bits per heavy atom. The Morgan fingerprint density at radius 1 is 0.963 bits per heavy atom. The highest BCUT2D eigenvalue weighted by molar-refractivity contribution is 5.89. The van der Waals surface area contributed by atoms with Crippen LogP contribution in [0.15, 0.2) is 30.3 Å². The van der Waals surface area contributed by atoms with Crippen molar-refractivity contribution < 1.29 is 14.3 Å². The van der Waals surface area contributed by atoms with E-state index in [-0.39, 0.29) is 24.5 Å². The summed E-state index contributed by atoms with van der Waals surface area (Å²) >= 11 is 0. The number of ether oxygens (including phenoxy) is 2. The molecule has 1 unspecified atom stereocenters. The zero-order valence-electron chi connectivity index (χ0n) is 17.3. The first-order valence-corrected chi connectivity index (χ1v) is 10.3. The fourth-order valence-electron chi connectivity index (χ4n) is 2.72. The molecule has 27 heavy (non-hydrogen) atoms. The number of carbonyl (C=O) groups excluding carboxylic acids is 1. The minimum absolute atomic E-state index is 0. The van der Waals surface area contributed by atoms with Crippen molar-refractivity contribution in [1.82, 2.24) is 4.90 Å². The number of rotatable bonds is 15. The summed E-state index contributed by atoms with van der Waals surface area (Å²) in [5.41, 5.74) is 0.597. The van der Waals surface area contributed by atoms with Gasteiger partial charge in [0.15, 0.2) is 0 Å². The normalized spacial score (nSPS) is 11.9. The van der Waals surface area contributed by atoms with Gasteiger partial charge in [-0.05, 0) is 44.5 Å². The van der Waals surface area contributed by atoms with Crippen LogP contribution in [0.3, 0.4) is 0 Å². The first-order chi connectivity index (χ1) is 12.7. The van der Waals surface area contributed by atoms with Crippen LogP contribution >= 0.6 is 12.4 Å². The molecule has 1 aromatic carbocycles. The molecule has 0 aromatic heterocycles. The molecule has 0 bridgehead atoms. The van der Waals surface area contributed by atoms with Gasteiger partial charge in [-0.3, -0.25) is 4.90 Å². The van der Waals surface area contributed by atoms with E-state index in [0.29, 0.717) is 12.2 Å². The molecule has 0 N–H and O–H groups in total. The van der Waals surface area contributed by atoms with Crippen LogP contribution in [0.5, 0.6) is 0 Å². The molecule has 0 heterocycles. The molecule has 0 fully saturated rings. The molecule has 0 amide bonds. The molecule has 0 aliphatic heterocycles. The number of unbranched alkanes of at least 4 members (excludes halogenated alkanes) is 3. The maximum atomic E-state index is 12.5. The largest absolute Gasteiger partial charge is 0.455 e. The summed E-state index contributed by atoms with van der Waals surface area (Å²) in [5, 5.41) is 0. The second-order valence-electron chi connectivity index (χ2n) is 6.83. The monoisotopic (exact) mass is 399 g/mol. The summed E-state index contributed by atoms with van der Waals surface area (Å²) in [5.74, 6) is -0.263. The average Bonchev–Trinajstić information content (AvgIpc) is 2.67. The molecule has 0 aliphatic carbocycles. The lowest BCUT2D eigenvalue weighted by atomic mass is 10.2. The molecule has 1 aromatic rings. The maximum absolute atomic E-state index is 12.5. The smallest absolute Gasteiger partial charge is 0.338 e. The van der Waals surface area contributed by atoms with Gasteiger partial charge in [-0.15, -0.1) is 12.4 Å². The van der Waals surface area contributed by atoms with E-state index in [1.165, 1.54) is 25.7 Å². The van der Waals surface area contributed by atoms with Crippen molar-refractivity contribution in [2.24, 2.45) is 0 Å². The van der Waals surface area contributed by atoms with E-state index in [1.54, 1.807) is 12.1 Å². The summed E-state index contributed by atoms with van der Waals surface area (Å²) in [6.45, 7) is 10.6. The number of esters is 1. The van der Waals surface area contributed by atoms with Gasteiger partial charge < -0.3 is 9.47 Å². The second kappa shape index (κ2) is 17.0.